The van der Waals surface area contributed by atoms with Crippen LogP contribution in [0.5, 0.6) is 0 Å². The van der Waals surface area contributed by atoms with Gasteiger partial charge in [-0.3, -0.25) is 0 Å². The van der Waals surface area contributed by atoms with Gasteiger partial charge in [0.25, 0.3) is 0 Å². The Morgan fingerprint density at radius 1 is 1.27 bits per heavy atom. The van der Waals surface area contributed by atoms with E-state index in [1.165, 1.54) is 47.9 Å². The van der Waals surface area contributed by atoms with E-state index in [1.807, 2.05) is 6.33 Å². The quantitative estimate of drug-likeness (QED) is 0.570. The molecule has 0 fully saturated rings. The fourth-order valence-electron chi connectivity index (χ4n) is 3.81. The van der Waals surface area contributed by atoms with Crippen LogP contribution < -0.4 is 0 Å². The van der Waals surface area contributed by atoms with E-state index in [9.17, 15) is 0 Å². The number of unbranched alkanes of at least 4 members (excludes halogenated alkanes) is 1. The number of hydrogen-bond acceptors (Lipinski definition) is 1. The van der Waals surface area contributed by atoms with Gasteiger partial charge in [0.15, 0.2) is 0 Å². The molecule has 0 amide bonds. The minimum Gasteiger partial charge on any atom is -0.333 e. The van der Waals surface area contributed by atoms with Crippen molar-refractivity contribution in [1.82, 2.24) is 9.55 Å². The Morgan fingerprint density at radius 2 is 2.12 bits per heavy atom. The summed E-state index contributed by atoms with van der Waals surface area (Å²) in [6.07, 6.45) is 16.5. The molecule has 0 spiro atoms. The average molecular weight is 349 g/mol. The summed E-state index contributed by atoms with van der Waals surface area (Å²) >= 11 is 0. The predicted octanol–water partition coefficient (Wildman–Crippen LogP) is 6.34. The third kappa shape index (κ3) is 4.35. The van der Waals surface area contributed by atoms with Gasteiger partial charge in [0, 0.05) is 18.7 Å². The number of aryl methyl sites for hydroxylation is 1. The monoisotopic (exact) mass is 348 g/mol. The van der Waals surface area contributed by atoms with Gasteiger partial charge in [-0.05, 0) is 54.9 Å². The van der Waals surface area contributed by atoms with Crippen molar-refractivity contribution in [2.75, 3.05) is 0 Å². The first-order valence-electron chi connectivity index (χ1n) is 10.0. The fraction of sp³-hybridized carbons (Fsp3) is 0.458. The van der Waals surface area contributed by atoms with E-state index >= 15 is 0 Å². The highest BCUT2D eigenvalue weighted by molar-refractivity contribution is 5.38. The molecule has 2 atom stereocenters. The molecule has 2 nitrogen and oxygen atoms in total. The van der Waals surface area contributed by atoms with E-state index in [1.54, 1.807) is 0 Å². The molecular weight excluding hydrogens is 316 g/mol. The molecule has 138 valence electrons. The number of aromatic nitrogens is 2. The molecule has 0 radical (unpaired) electrons. The molecule has 0 bridgehead atoms. The maximum absolute atomic E-state index is 4.70. The molecule has 2 heteroatoms. The Labute approximate surface area is 158 Å². The maximum atomic E-state index is 4.70. The highest BCUT2D eigenvalue weighted by atomic mass is 15.0. The Balaban J connectivity index is 1.64. The van der Waals surface area contributed by atoms with Crippen molar-refractivity contribution in [3.05, 3.63) is 76.9 Å². The summed E-state index contributed by atoms with van der Waals surface area (Å²) in [5.41, 5.74) is 6.67. The maximum Gasteiger partial charge on any atom is 0.0952 e. The van der Waals surface area contributed by atoms with E-state index in [-0.39, 0.29) is 0 Å². The van der Waals surface area contributed by atoms with E-state index in [0.717, 1.165) is 18.2 Å². The highest BCUT2D eigenvalue weighted by Crippen LogP contribution is 2.27. The zero-order valence-corrected chi connectivity index (χ0v) is 16.7. The molecule has 1 heterocycles. The van der Waals surface area contributed by atoms with Crippen molar-refractivity contribution in [2.45, 2.75) is 65.8 Å². The topological polar surface area (TPSA) is 17.8 Å². The first kappa shape index (κ1) is 18.7. The lowest BCUT2D eigenvalue weighted by Crippen LogP contribution is -2.04. The van der Waals surface area contributed by atoms with Gasteiger partial charge in [-0.15, -0.1) is 0 Å². The largest absolute Gasteiger partial charge is 0.333 e. The van der Waals surface area contributed by atoms with Gasteiger partial charge < -0.3 is 4.57 Å². The highest BCUT2D eigenvalue weighted by Gasteiger charge is 2.15. The molecule has 0 saturated heterocycles. The second-order valence-corrected chi connectivity index (χ2v) is 7.76. The van der Waals surface area contributed by atoms with Crippen LogP contribution in [0.3, 0.4) is 0 Å². The lowest BCUT2D eigenvalue weighted by Gasteiger charge is -2.16. The smallest absolute Gasteiger partial charge is 0.0952 e. The van der Waals surface area contributed by atoms with Crippen molar-refractivity contribution in [3.8, 4) is 0 Å². The average Bonchev–Trinajstić information content (AvgIpc) is 3.11. The molecule has 1 aromatic heterocycles. The first-order chi connectivity index (χ1) is 12.6. The van der Waals surface area contributed by atoms with Crippen LogP contribution in [0.2, 0.25) is 0 Å². The Bertz CT molecular complexity index is 794. The van der Waals surface area contributed by atoms with Gasteiger partial charge in [-0.25, -0.2) is 4.98 Å². The van der Waals surface area contributed by atoms with Crippen LogP contribution >= 0.6 is 0 Å². The number of allylic oxidation sites excluding steroid dienone is 4. The summed E-state index contributed by atoms with van der Waals surface area (Å²) in [6.45, 7) is 9.84. The first-order valence-corrected chi connectivity index (χ1v) is 10.0. The van der Waals surface area contributed by atoms with E-state index in [0.29, 0.717) is 5.92 Å². The summed E-state index contributed by atoms with van der Waals surface area (Å²) in [4.78, 5) is 4.70. The van der Waals surface area contributed by atoms with Gasteiger partial charge >= 0.3 is 0 Å². The van der Waals surface area contributed by atoms with Crippen molar-refractivity contribution >= 4 is 0 Å². The lowest BCUT2D eigenvalue weighted by molar-refractivity contribution is 0.553. The zero-order valence-electron chi connectivity index (χ0n) is 16.7. The summed E-state index contributed by atoms with van der Waals surface area (Å²) in [6, 6.07) is 6.56. The van der Waals surface area contributed by atoms with Crippen molar-refractivity contribution in [3.63, 3.8) is 0 Å². The number of benzene rings is 1. The number of hydrogen-bond donors (Lipinski definition) is 0. The van der Waals surface area contributed by atoms with Crippen LogP contribution in [-0.2, 0) is 6.54 Å². The second kappa shape index (κ2) is 8.53. The fourth-order valence-corrected chi connectivity index (χ4v) is 3.81. The van der Waals surface area contributed by atoms with Gasteiger partial charge in [0.2, 0.25) is 0 Å². The van der Waals surface area contributed by atoms with Gasteiger partial charge in [0.1, 0.15) is 0 Å². The molecule has 1 aliphatic rings. The van der Waals surface area contributed by atoms with Crippen molar-refractivity contribution in [2.24, 2.45) is 5.92 Å². The molecular formula is C24H32N2. The standard InChI is InChI=1S/C24H32N2/c1-5-6-9-21-11-13-22(14-12-21)15-26-16-24(25-17-26)20(4)23-10-7-8-18(2)19(23)3/h7-8,10-11,13-14,16-17,20-21H,5-6,9,12,15H2,1-4H3. The summed E-state index contributed by atoms with van der Waals surface area (Å²) < 4.78 is 2.22. The van der Waals surface area contributed by atoms with Crippen molar-refractivity contribution in [1.29, 1.82) is 0 Å². The zero-order chi connectivity index (χ0) is 18.5. The molecule has 1 aliphatic carbocycles. The van der Waals surface area contributed by atoms with Crippen LogP contribution in [0.1, 0.15) is 67.8 Å². The third-order valence-corrected chi connectivity index (χ3v) is 5.77. The normalized spacial score (nSPS) is 18.0. The lowest BCUT2D eigenvalue weighted by atomic mass is 9.91. The Hall–Kier alpha value is -2.09. The Morgan fingerprint density at radius 3 is 2.85 bits per heavy atom. The molecule has 3 rings (SSSR count). The number of imidazole rings is 1. The van der Waals surface area contributed by atoms with Gasteiger partial charge in [0.05, 0.1) is 12.0 Å². The molecule has 0 aliphatic heterocycles. The van der Waals surface area contributed by atoms with E-state index in [2.05, 4.69) is 74.9 Å². The summed E-state index contributed by atoms with van der Waals surface area (Å²) in [5, 5.41) is 0. The van der Waals surface area contributed by atoms with Gasteiger partial charge in [-0.2, -0.15) is 0 Å². The predicted molar refractivity (Wildman–Crippen MR) is 111 cm³/mol. The second-order valence-electron chi connectivity index (χ2n) is 7.76. The summed E-state index contributed by atoms with van der Waals surface area (Å²) in [5.74, 6) is 1.06. The van der Waals surface area contributed by atoms with Crippen LogP contribution in [-0.4, -0.2) is 9.55 Å². The molecule has 26 heavy (non-hydrogen) atoms. The van der Waals surface area contributed by atoms with Gasteiger partial charge in [-0.1, -0.05) is 63.1 Å². The van der Waals surface area contributed by atoms with Crippen molar-refractivity contribution < 1.29 is 0 Å². The SMILES string of the molecule is CCCCC1C=CC(Cn2cnc(C(C)c3cccc(C)c3C)c2)=CC1. The van der Waals surface area contributed by atoms with E-state index in [4.69, 9.17) is 4.98 Å². The molecule has 2 unspecified atom stereocenters. The molecule has 0 saturated carbocycles. The number of rotatable bonds is 7. The van der Waals surface area contributed by atoms with E-state index < -0.39 is 0 Å². The van der Waals surface area contributed by atoms with Crippen LogP contribution in [0.25, 0.3) is 0 Å². The summed E-state index contributed by atoms with van der Waals surface area (Å²) in [7, 11) is 0. The third-order valence-electron chi connectivity index (χ3n) is 5.77. The number of nitrogens with zero attached hydrogens (tertiary/aromatic N) is 2. The molecule has 2 aromatic rings. The van der Waals surface area contributed by atoms with Crippen LogP contribution in [0.4, 0.5) is 0 Å². The van der Waals surface area contributed by atoms with Crippen LogP contribution in [0.15, 0.2) is 54.5 Å². The molecule has 0 N–H and O–H groups in total. The minimum absolute atomic E-state index is 0.324. The molecule has 1 aromatic carbocycles. The Kier molecular flexibility index (Phi) is 6.13. The minimum atomic E-state index is 0.324. The van der Waals surface area contributed by atoms with Crippen LogP contribution in [0, 0.1) is 19.8 Å².